The van der Waals surface area contributed by atoms with Crippen molar-refractivity contribution in [2.75, 3.05) is 24.6 Å². The number of alkyl halides is 3. The van der Waals surface area contributed by atoms with Gasteiger partial charge in [0, 0.05) is 35.4 Å². The normalized spacial score (nSPS) is 15.1. The highest BCUT2D eigenvalue weighted by molar-refractivity contribution is 7.84. The van der Waals surface area contributed by atoms with E-state index in [4.69, 9.17) is 0 Å². The molecule has 0 saturated heterocycles. The van der Waals surface area contributed by atoms with Crippen LogP contribution >= 0.6 is 0 Å². The quantitative estimate of drug-likeness (QED) is 0.758. The van der Waals surface area contributed by atoms with E-state index in [0.29, 0.717) is 18.1 Å². The summed E-state index contributed by atoms with van der Waals surface area (Å²) in [7, 11) is -0.895. The minimum Gasteiger partial charge on any atom is -0.387 e. The first kappa shape index (κ1) is 17.1. The van der Waals surface area contributed by atoms with Crippen LogP contribution in [0.3, 0.4) is 0 Å². The topological polar surface area (TPSA) is 49.3 Å². The molecule has 0 aliphatic rings. The van der Waals surface area contributed by atoms with Crippen molar-refractivity contribution in [1.29, 1.82) is 0 Å². The van der Waals surface area contributed by atoms with Crippen LogP contribution in [0.5, 0.6) is 0 Å². The molecule has 2 unspecified atom stereocenters. The summed E-state index contributed by atoms with van der Waals surface area (Å²) in [6.07, 6.45) is -5.44. The summed E-state index contributed by atoms with van der Waals surface area (Å²) in [4.78, 5) is 0. The van der Waals surface area contributed by atoms with Gasteiger partial charge < -0.3 is 10.4 Å². The van der Waals surface area contributed by atoms with Crippen LogP contribution < -0.4 is 5.32 Å². The fourth-order valence-corrected chi connectivity index (χ4v) is 2.27. The summed E-state index contributed by atoms with van der Waals surface area (Å²) >= 11 is 0. The second-order valence-electron chi connectivity index (χ2n) is 4.28. The van der Waals surface area contributed by atoms with E-state index >= 15 is 0 Å². The predicted octanol–water partition coefficient (Wildman–Crippen LogP) is 2.10. The van der Waals surface area contributed by atoms with Gasteiger partial charge in [-0.2, -0.15) is 13.2 Å². The van der Waals surface area contributed by atoms with Crippen LogP contribution in [0.2, 0.25) is 0 Å². The van der Waals surface area contributed by atoms with Gasteiger partial charge in [-0.05, 0) is 17.7 Å². The fourth-order valence-electron chi connectivity index (χ4n) is 1.61. The van der Waals surface area contributed by atoms with Gasteiger partial charge in [-0.3, -0.25) is 4.21 Å². The lowest BCUT2D eigenvalue weighted by molar-refractivity contribution is -0.137. The molecule has 1 aromatic carbocycles. The summed E-state index contributed by atoms with van der Waals surface area (Å²) in [6.45, 7) is 2.40. The van der Waals surface area contributed by atoms with Gasteiger partial charge in [0.05, 0.1) is 11.7 Å². The number of nitrogens with one attached hydrogen (secondary N) is 1. The number of rotatable bonds is 7. The molecule has 0 aliphatic carbocycles. The molecular formula is C13H18F3NO2S. The summed E-state index contributed by atoms with van der Waals surface area (Å²) in [5.41, 5.74) is -0.565. The third-order valence-corrected chi connectivity index (χ3v) is 4.07. The van der Waals surface area contributed by atoms with E-state index in [9.17, 15) is 22.5 Å². The summed E-state index contributed by atoms with van der Waals surface area (Å²) < 4.78 is 48.8. The monoisotopic (exact) mass is 309 g/mol. The lowest BCUT2D eigenvalue weighted by atomic mass is 10.1. The Kier molecular flexibility index (Phi) is 6.64. The van der Waals surface area contributed by atoms with Crippen LogP contribution in [-0.2, 0) is 17.0 Å². The van der Waals surface area contributed by atoms with Crippen molar-refractivity contribution in [2.24, 2.45) is 0 Å². The smallest absolute Gasteiger partial charge is 0.387 e. The van der Waals surface area contributed by atoms with Crippen LogP contribution in [0.25, 0.3) is 0 Å². The lowest BCUT2D eigenvalue weighted by Crippen LogP contribution is -2.26. The van der Waals surface area contributed by atoms with Gasteiger partial charge in [0.25, 0.3) is 0 Å². The molecule has 2 N–H and O–H groups in total. The second-order valence-corrected chi connectivity index (χ2v) is 6.14. The van der Waals surface area contributed by atoms with E-state index < -0.39 is 28.6 Å². The van der Waals surface area contributed by atoms with Crippen LogP contribution in [0.1, 0.15) is 24.2 Å². The molecule has 0 aliphatic heterocycles. The third kappa shape index (κ3) is 5.60. The average molecular weight is 309 g/mol. The van der Waals surface area contributed by atoms with Gasteiger partial charge in [0.15, 0.2) is 0 Å². The molecule has 114 valence electrons. The molecule has 0 saturated carbocycles. The molecule has 0 bridgehead atoms. The standard InChI is InChI=1S/C13H18F3NO2S/c1-2-20(19)7-6-17-9-12(18)10-4-3-5-11(8-10)13(14,15)16/h3-5,8,12,17-18H,2,6-7,9H2,1H3. The van der Waals surface area contributed by atoms with E-state index in [1.54, 1.807) is 0 Å². The van der Waals surface area contributed by atoms with Crippen LogP contribution in [-0.4, -0.2) is 33.9 Å². The molecule has 0 fully saturated rings. The highest BCUT2D eigenvalue weighted by atomic mass is 32.2. The number of hydrogen-bond acceptors (Lipinski definition) is 3. The molecule has 3 nitrogen and oxygen atoms in total. The van der Waals surface area contributed by atoms with Gasteiger partial charge in [0.1, 0.15) is 0 Å². The maximum atomic E-state index is 12.5. The zero-order chi connectivity index (χ0) is 15.2. The van der Waals surface area contributed by atoms with E-state index in [1.807, 2.05) is 6.92 Å². The zero-order valence-electron chi connectivity index (χ0n) is 11.1. The number of benzene rings is 1. The Morgan fingerprint density at radius 3 is 2.70 bits per heavy atom. The highest BCUT2D eigenvalue weighted by Gasteiger charge is 2.30. The lowest BCUT2D eigenvalue weighted by Gasteiger charge is -2.14. The Labute approximate surface area is 118 Å². The highest BCUT2D eigenvalue weighted by Crippen LogP contribution is 2.30. The maximum Gasteiger partial charge on any atom is 0.416 e. The van der Waals surface area contributed by atoms with Crippen LogP contribution in [0.4, 0.5) is 13.2 Å². The van der Waals surface area contributed by atoms with Gasteiger partial charge in [-0.15, -0.1) is 0 Å². The van der Waals surface area contributed by atoms with Gasteiger partial charge in [0.2, 0.25) is 0 Å². The number of aliphatic hydroxyl groups excluding tert-OH is 1. The summed E-state index contributed by atoms with van der Waals surface area (Å²) in [6, 6.07) is 4.63. The fraction of sp³-hybridized carbons (Fsp3) is 0.538. The molecule has 0 amide bonds. The maximum absolute atomic E-state index is 12.5. The molecule has 1 aromatic rings. The van der Waals surface area contributed by atoms with Gasteiger partial charge >= 0.3 is 6.18 Å². The first-order chi connectivity index (χ1) is 9.34. The molecule has 0 radical (unpaired) electrons. The van der Waals surface area contributed by atoms with Crippen molar-refractivity contribution in [1.82, 2.24) is 5.32 Å². The Morgan fingerprint density at radius 1 is 1.40 bits per heavy atom. The number of halogens is 3. The summed E-state index contributed by atoms with van der Waals surface area (Å²) in [5, 5.41) is 12.7. The molecule has 2 atom stereocenters. The largest absolute Gasteiger partial charge is 0.416 e. The van der Waals surface area contributed by atoms with Crippen LogP contribution in [0.15, 0.2) is 24.3 Å². The Morgan fingerprint density at radius 2 is 2.10 bits per heavy atom. The van der Waals surface area contributed by atoms with Crippen molar-refractivity contribution < 1.29 is 22.5 Å². The number of hydrogen-bond donors (Lipinski definition) is 2. The predicted molar refractivity (Wildman–Crippen MR) is 72.8 cm³/mol. The molecule has 20 heavy (non-hydrogen) atoms. The average Bonchev–Trinajstić information content (AvgIpc) is 2.42. The summed E-state index contributed by atoms with van der Waals surface area (Å²) in [5.74, 6) is 1.03. The minimum atomic E-state index is -4.42. The van der Waals surface area contributed by atoms with Crippen molar-refractivity contribution in [2.45, 2.75) is 19.2 Å². The number of aliphatic hydroxyl groups is 1. The van der Waals surface area contributed by atoms with Crippen molar-refractivity contribution in [3.05, 3.63) is 35.4 Å². The van der Waals surface area contributed by atoms with E-state index in [2.05, 4.69) is 5.32 Å². The van der Waals surface area contributed by atoms with Crippen molar-refractivity contribution in [3.8, 4) is 0 Å². The van der Waals surface area contributed by atoms with Gasteiger partial charge in [-0.25, -0.2) is 0 Å². The molecule has 1 rings (SSSR count). The molecule has 7 heteroatoms. The van der Waals surface area contributed by atoms with Crippen molar-refractivity contribution in [3.63, 3.8) is 0 Å². The van der Waals surface area contributed by atoms with E-state index in [0.717, 1.165) is 12.1 Å². The molecule has 0 spiro atoms. The second kappa shape index (κ2) is 7.75. The first-order valence-electron chi connectivity index (χ1n) is 6.25. The minimum absolute atomic E-state index is 0.127. The van der Waals surface area contributed by atoms with Gasteiger partial charge in [-0.1, -0.05) is 19.1 Å². The van der Waals surface area contributed by atoms with Crippen LogP contribution in [0, 0.1) is 0 Å². The first-order valence-corrected chi connectivity index (χ1v) is 7.74. The third-order valence-electron chi connectivity index (χ3n) is 2.76. The Hall–Kier alpha value is -0.920. The molecule has 0 heterocycles. The molecular weight excluding hydrogens is 291 g/mol. The van der Waals surface area contributed by atoms with E-state index in [1.165, 1.54) is 12.1 Å². The van der Waals surface area contributed by atoms with Crippen molar-refractivity contribution >= 4 is 10.8 Å². The molecule has 0 aromatic heterocycles. The Bertz CT molecular complexity index is 451. The van der Waals surface area contributed by atoms with E-state index in [-0.39, 0.29) is 12.1 Å². The zero-order valence-corrected chi connectivity index (χ0v) is 11.9. The SMILES string of the molecule is CCS(=O)CCNCC(O)c1cccc(C(F)(F)F)c1. The Balaban J connectivity index is 2.51.